The van der Waals surface area contributed by atoms with Crippen LogP contribution in [0.1, 0.15) is 32.3 Å². The highest BCUT2D eigenvalue weighted by Gasteiger charge is 2.19. The molecular formula is C16H21BrN2O2. The third-order valence-corrected chi connectivity index (χ3v) is 4.60. The summed E-state index contributed by atoms with van der Waals surface area (Å²) in [6.45, 7) is 7.01. The lowest BCUT2D eigenvalue weighted by atomic mass is 9.84. The first kappa shape index (κ1) is 16.0. The minimum atomic E-state index is -0.331. The van der Waals surface area contributed by atoms with E-state index in [4.69, 9.17) is 0 Å². The van der Waals surface area contributed by atoms with Gasteiger partial charge in [-0.15, -0.1) is 0 Å². The number of anilines is 1. The average molecular weight is 353 g/mol. The van der Waals surface area contributed by atoms with Crippen LogP contribution in [0.5, 0.6) is 0 Å². The first-order valence-electron chi connectivity index (χ1n) is 7.22. The monoisotopic (exact) mass is 352 g/mol. The van der Waals surface area contributed by atoms with Gasteiger partial charge in [-0.2, -0.15) is 0 Å². The molecule has 114 valence electrons. The van der Waals surface area contributed by atoms with E-state index >= 15 is 0 Å². The molecule has 5 heteroatoms. The Morgan fingerprint density at radius 2 is 2.14 bits per heavy atom. The zero-order chi connectivity index (χ0) is 15.6. The molecule has 1 aliphatic carbocycles. The molecule has 1 aromatic carbocycles. The summed E-state index contributed by atoms with van der Waals surface area (Å²) in [5, 5.41) is 14.4. The molecular weight excluding hydrogens is 332 g/mol. The molecule has 0 aromatic heterocycles. The van der Waals surface area contributed by atoms with Gasteiger partial charge in [0.15, 0.2) is 0 Å². The number of aryl methyl sites for hydroxylation is 1. The van der Waals surface area contributed by atoms with Crippen molar-refractivity contribution >= 4 is 27.3 Å². The number of nitrogens with zero attached hydrogens (tertiary/aromatic N) is 1. The normalized spacial score (nSPS) is 21.8. The zero-order valence-electron chi connectivity index (χ0n) is 12.6. The van der Waals surface area contributed by atoms with Gasteiger partial charge in [-0.05, 0) is 60.5 Å². The van der Waals surface area contributed by atoms with Gasteiger partial charge in [0, 0.05) is 22.6 Å². The maximum Gasteiger partial charge on any atom is 0.274 e. The summed E-state index contributed by atoms with van der Waals surface area (Å²) in [6, 6.07) is 3.42. The largest absolute Gasteiger partial charge is 0.384 e. The lowest BCUT2D eigenvalue weighted by molar-refractivity contribution is -0.385. The molecule has 2 rings (SSSR count). The molecule has 2 atom stereocenters. The molecule has 0 spiro atoms. The summed E-state index contributed by atoms with van der Waals surface area (Å²) in [6.07, 6.45) is 4.60. The van der Waals surface area contributed by atoms with Crippen LogP contribution in [0, 0.1) is 28.9 Å². The predicted molar refractivity (Wildman–Crippen MR) is 89.7 cm³/mol. The maximum atomic E-state index is 11.0. The van der Waals surface area contributed by atoms with Crippen molar-refractivity contribution in [3.05, 3.63) is 43.9 Å². The highest BCUT2D eigenvalue weighted by atomic mass is 79.9. The summed E-state index contributed by atoms with van der Waals surface area (Å²) >= 11 is 3.48. The predicted octanol–water partition coefficient (Wildman–Crippen LogP) is 5.07. The summed E-state index contributed by atoms with van der Waals surface area (Å²) in [5.41, 5.74) is 3.07. The molecule has 0 heterocycles. The molecule has 0 saturated heterocycles. The Morgan fingerprint density at radius 3 is 2.76 bits per heavy atom. The lowest BCUT2D eigenvalue weighted by Crippen LogP contribution is -2.20. The average Bonchev–Trinajstić information content (AvgIpc) is 2.36. The Labute approximate surface area is 133 Å². The van der Waals surface area contributed by atoms with Gasteiger partial charge in [0.05, 0.1) is 10.6 Å². The fourth-order valence-electron chi connectivity index (χ4n) is 3.09. The van der Waals surface area contributed by atoms with E-state index in [0.29, 0.717) is 17.4 Å². The number of hydrogen-bond acceptors (Lipinski definition) is 3. The van der Waals surface area contributed by atoms with Crippen LogP contribution in [0.15, 0.2) is 28.3 Å². The molecule has 0 saturated carbocycles. The molecule has 1 aromatic rings. The van der Waals surface area contributed by atoms with Crippen LogP contribution in [0.4, 0.5) is 11.4 Å². The third kappa shape index (κ3) is 4.06. The number of nitrogens with one attached hydrogen (secondary N) is 1. The molecule has 0 fully saturated rings. The molecule has 0 bridgehead atoms. The molecule has 0 radical (unpaired) electrons. The molecule has 0 amide bonds. The Hall–Kier alpha value is -1.36. The zero-order valence-corrected chi connectivity index (χ0v) is 14.2. The fraction of sp³-hybridized carbons (Fsp3) is 0.500. The molecule has 4 nitrogen and oxygen atoms in total. The fourth-order valence-corrected chi connectivity index (χ4v) is 3.69. The summed E-state index contributed by atoms with van der Waals surface area (Å²) in [5.74, 6) is 1.19. The quantitative estimate of drug-likeness (QED) is 0.467. The number of nitro benzene ring substituents is 1. The third-order valence-electron chi connectivity index (χ3n) is 3.95. The van der Waals surface area contributed by atoms with Gasteiger partial charge in [-0.3, -0.25) is 10.1 Å². The Kier molecular flexibility index (Phi) is 5.04. The Morgan fingerprint density at radius 1 is 1.43 bits per heavy atom. The Bertz CT molecular complexity index is 584. The second-order valence-corrected chi connectivity index (χ2v) is 6.91. The van der Waals surface area contributed by atoms with Crippen molar-refractivity contribution < 1.29 is 4.92 Å². The van der Waals surface area contributed by atoms with E-state index in [2.05, 4.69) is 41.2 Å². The number of benzene rings is 1. The minimum absolute atomic E-state index is 0.161. The minimum Gasteiger partial charge on any atom is -0.384 e. The van der Waals surface area contributed by atoms with Gasteiger partial charge in [0.25, 0.3) is 5.69 Å². The lowest BCUT2D eigenvalue weighted by Gasteiger charge is -2.26. The van der Waals surface area contributed by atoms with Crippen LogP contribution >= 0.6 is 15.9 Å². The van der Waals surface area contributed by atoms with Gasteiger partial charge in [-0.1, -0.05) is 18.6 Å². The highest BCUT2D eigenvalue weighted by Crippen LogP contribution is 2.32. The van der Waals surface area contributed by atoms with E-state index in [9.17, 15) is 10.1 Å². The van der Waals surface area contributed by atoms with E-state index in [0.717, 1.165) is 29.5 Å². The summed E-state index contributed by atoms with van der Waals surface area (Å²) < 4.78 is 0.877. The van der Waals surface area contributed by atoms with Crippen molar-refractivity contribution in [2.75, 3.05) is 11.9 Å². The van der Waals surface area contributed by atoms with Crippen molar-refractivity contribution in [3.8, 4) is 0 Å². The molecule has 1 N–H and O–H groups in total. The van der Waals surface area contributed by atoms with Crippen LogP contribution < -0.4 is 5.32 Å². The van der Waals surface area contributed by atoms with E-state index in [1.54, 1.807) is 19.1 Å². The molecule has 21 heavy (non-hydrogen) atoms. The van der Waals surface area contributed by atoms with Crippen LogP contribution in [0.3, 0.4) is 0 Å². The van der Waals surface area contributed by atoms with Crippen LogP contribution in [0.2, 0.25) is 0 Å². The molecule has 0 aliphatic heterocycles. The van der Waals surface area contributed by atoms with Gasteiger partial charge in [0.2, 0.25) is 0 Å². The van der Waals surface area contributed by atoms with Gasteiger partial charge < -0.3 is 5.32 Å². The number of nitro groups is 1. The van der Waals surface area contributed by atoms with Gasteiger partial charge in [-0.25, -0.2) is 0 Å². The van der Waals surface area contributed by atoms with Crippen molar-refractivity contribution in [3.63, 3.8) is 0 Å². The maximum absolute atomic E-state index is 11.0. The topological polar surface area (TPSA) is 55.2 Å². The number of rotatable bonds is 4. The summed E-state index contributed by atoms with van der Waals surface area (Å²) in [7, 11) is 0. The molecule has 1 aliphatic rings. The smallest absolute Gasteiger partial charge is 0.274 e. The van der Waals surface area contributed by atoms with Crippen molar-refractivity contribution in [2.24, 2.45) is 11.8 Å². The number of allylic oxidation sites excluding steroid dienone is 2. The van der Waals surface area contributed by atoms with Gasteiger partial charge in [0.1, 0.15) is 0 Å². The van der Waals surface area contributed by atoms with E-state index in [1.807, 2.05) is 0 Å². The number of hydrogen-bond donors (Lipinski definition) is 1. The van der Waals surface area contributed by atoms with Crippen LogP contribution in [0.25, 0.3) is 0 Å². The van der Waals surface area contributed by atoms with E-state index in [1.165, 1.54) is 5.57 Å². The first-order chi connectivity index (χ1) is 9.86. The van der Waals surface area contributed by atoms with Crippen LogP contribution in [-0.4, -0.2) is 11.5 Å². The summed E-state index contributed by atoms with van der Waals surface area (Å²) in [4.78, 5) is 10.7. The van der Waals surface area contributed by atoms with E-state index in [-0.39, 0.29) is 10.6 Å². The second kappa shape index (κ2) is 6.60. The van der Waals surface area contributed by atoms with Crippen LogP contribution in [-0.2, 0) is 0 Å². The number of halogens is 1. The molecule has 2 unspecified atom stereocenters. The first-order valence-corrected chi connectivity index (χ1v) is 8.01. The SMILES string of the molecule is CC1=CC(C)CC(CNc2cc([N+](=O)[O-])c(C)cc2Br)C1. The van der Waals surface area contributed by atoms with Gasteiger partial charge >= 0.3 is 0 Å². The van der Waals surface area contributed by atoms with Crippen molar-refractivity contribution in [1.82, 2.24) is 0 Å². The van der Waals surface area contributed by atoms with Crippen molar-refractivity contribution in [1.29, 1.82) is 0 Å². The standard InChI is InChI=1S/C16H21BrN2O2/c1-10-4-11(2)6-13(5-10)9-18-15-8-16(19(20)21)12(3)7-14(15)17/h4,7-8,10,13,18H,5-6,9H2,1-3H3. The van der Waals surface area contributed by atoms with Crippen molar-refractivity contribution in [2.45, 2.75) is 33.6 Å². The Balaban J connectivity index is 2.08. The van der Waals surface area contributed by atoms with E-state index < -0.39 is 0 Å². The highest BCUT2D eigenvalue weighted by molar-refractivity contribution is 9.10. The second-order valence-electron chi connectivity index (χ2n) is 6.05.